The Bertz CT molecular complexity index is 375. The number of nitrogens with zero attached hydrogens (tertiary/aromatic N) is 1. The number of pyridine rings is 1. The molecule has 0 amide bonds. The molecule has 0 aliphatic rings. The molecule has 2 rings (SSSR count). The van der Waals surface area contributed by atoms with Crippen LogP contribution in [0.4, 0.5) is 0 Å². The van der Waals surface area contributed by atoms with Crippen LogP contribution in [0.25, 0.3) is 0 Å². The molecule has 0 radical (unpaired) electrons. The number of rotatable bonds is 6. The Balaban J connectivity index is 1.61. The van der Waals surface area contributed by atoms with Crippen molar-refractivity contribution in [3.8, 4) is 0 Å². The van der Waals surface area contributed by atoms with Crippen LogP contribution in [0, 0.1) is 0 Å². The van der Waals surface area contributed by atoms with Gasteiger partial charge in [-0.15, -0.1) is 11.8 Å². The molecular formula is C14H16N2S. The number of nitrogens with one attached hydrogen (secondary N) is 1. The van der Waals surface area contributed by atoms with Crippen molar-refractivity contribution in [2.45, 2.75) is 11.4 Å². The van der Waals surface area contributed by atoms with Crippen molar-refractivity contribution < 1.29 is 0 Å². The summed E-state index contributed by atoms with van der Waals surface area (Å²) in [6.07, 6.45) is 3.70. The molecule has 0 aliphatic heterocycles. The van der Waals surface area contributed by atoms with Crippen LogP contribution >= 0.6 is 11.8 Å². The smallest absolute Gasteiger partial charge is 0.0312 e. The molecule has 17 heavy (non-hydrogen) atoms. The Labute approximate surface area is 106 Å². The fraction of sp³-hybridized carbons (Fsp3) is 0.214. The lowest BCUT2D eigenvalue weighted by molar-refractivity contribution is 0.729. The van der Waals surface area contributed by atoms with Crippen molar-refractivity contribution in [2.24, 2.45) is 0 Å². The summed E-state index contributed by atoms with van der Waals surface area (Å²) in [5.74, 6) is 1.09. The van der Waals surface area contributed by atoms with E-state index in [4.69, 9.17) is 0 Å². The van der Waals surface area contributed by atoms with E-state index in [1.165, 1.54) is 10.5 Å². The van der Waals surface area contributed by atoms with Crippen molar-refractivity contribution >= 4 is 11.8 Å². The molecule has 0 saturated carbocycles. The van der Waals surface area contributed by atoms with E-state index in [0.717, 1.165) is 18.8 Å². The minimum atomic E-state index is 0.892. The SMILES string of the molecule is c1ccc(SCCNCc2cccnc2)cc1. The highest BCUT2D eigenvalue weighted by Crippen LogP contribution is 2.15. The van der Waals surface area contributed by atoms with Crippen LogP contribution in [0.3, 0.4) is 0 Å². The lowest BCUT2D eigenvalue weighted by Crippen LogP contribution is -2.16. The molecule has 0 aliphatic carbocycles. The number of thioether (sulfide) groups is 1. The molecule has 88 valence electrons. The lowest BCUT2D eigenvalue weighted by atomic mass is 10.3. The molecule has 0 fully saturated rings. The van der Waals surface area contributed by atoms with Crippen LogP contribution in [0.15, 0.2) is 59.8 Å². The van der Waals surface area contributed by atoms with Crippen molar-refractivity contribution in [1.82, 2.24) is 10.3 Å². The third kappa shape index (κ3) is 4.59. The van der Waals surface area contributed by atoms with Gasteiger partial charge in [-0.1, -0.05) is 24.3 Å². The van der Waals surface area contributed by atoms with Gasteiger partial charge in [0, 0.05) is 36.1 Å². The topological polar surface area (TPSA) is 24.9 Å². The van der Waals surface area contributed by atoms with Gasteiger partial charge >= 0.3 is 0 Å². The highest BCUT2D eigenvalue weighted by molar-refractivity contribution is 7.99. The summed E-state index contributed by atoms with van der Waals surface area (Å²) in [5, 5.41) is 3.41. The second-order valence-electron chi connectivity index (χ2n) is 3.70. The third-order valence-corrected chi connectivity index (χ3v) is 3.36. The Morgan fingerprint density at radius 3 is 2.71 bits per heavy atom. The molecule has 0 unspecified atom stereocenters. The first kappa shape index (κ1) is 12.1. The van der Waals surface area contributed by atoms with Crippen LogP contribution in [-0.4, -0.2) is 17.3 Å². The van der Waals surface area contributed by atoms with Gasteiger partial charge in [-0.25, -0.2) is 0 Å². The summed E-state index contributed by atoms with van der Waals surface area (Å²) in [4.78, 5) is 5.42. The second kappa shape index (κ2) is 7.09. The highest BCUT2D eigenvalue weighted by atomic mass is 32.2. The summed E-state index contributed by atoms with van der Waals surface area (Å²) >= 11 is 1.88. The van der Waals surface area contributed by atoms with Gasteiger partial charge in [0.05, 0.1) is 0 Å². The quantitative estimate of drug-likeness (QED) is 0.624. The number of hydrogen-bond acceptors (Lipinski definition) is 3. The molecule has 0 saturated heterocycles. The highest BCUT2D eigenvalue weighted by Gasteiger charge is 1.93. The summed E-state index contributed by atoms with van der Waals surface area (Å²) < 4.78 is 0. The first-order valence-corrected chi connectivity index (χ1v) is 6.71. The van der Waals surface area contributed by atoms with Gasteiger partial charge in [0.25, 0.3) is 0 Å². The van der Waals surface area contributed by atoms with Crippen molar-refractivity contribution in [2.75, 3.05) is 12.3 Å². The zero-order chi connectivity index (χ0) is 11.8. The summed E-state index contributed by atoms with van der Waals surface area (Å²) in [6.45, 7) is 1.90. The van der Waals surface area contributed by atoms with Crippen LogP contribution in [0.1, 0.15) is 5.56 Å². The Hall–Kier alpha value is -1.32. The van der Waals surface area contributed by atoms with Crippen LogP contribution < -0.4 is 5.32 Å². The fourth-order valence-electron chi connectivity index (χ4n) is 1.49. The van der Waals surface area contributed by atoms with E-state index < -0.39 is 0 Å². The molecule has 1 aromatic heterocycles. The molecule has 1 aromatic carbocycles. The largest absolute Gasteiger partial charge is 0.312 e. The maximum Gasteiger partial charge on any atom is 0.0312 e. The second-order valence-corrected chi connectivity index (χ2v) is 4.87. The van der Waals surface area contributed by atoms with E-state index in [2.05, 4.69) is 40.6 Å². The van der Waals surface area contributed by atoms with Crippen LogP contribution in [0.2, 0.25) is 0 Å². The minimum Gasteiger partial charge on any atom is -0.312 e. The molecule has 1 heterocycles. The van der Waals surface area contributed by atoms with E-state index in [-0.39, 0.29) is 0 Å². The summed E-state index contributed by atoms with van der Waals surface area (Å²) in [6, 6.07) is 14.5. The molecule has 2 aromatic rings. The standard InChI is InChI=1S/C14H16N2S/c1-2-6-14(7-3-1)17-10-9-16-12-13-5-4-8-15-11-13/h1-8,11,16H,9-10,12H2. The van der Waals surface area contributed by atoms with E-state index in [9.17, 15) is 0 Å². The van der Waals surface area contributed by atoms with Gasteiger partial charge in [-0.3, -0.25) is 4.98 Å². The maximum absolute atomic E-state index is 4.09. The number of benzene rings is 1. The molecule has 3 heteroatoms. The third-order valence-electron chi connectivity index (χ3n) is 2.34. The Morgan fingerprint density at radius 1 is 1.06 bits per heavy atom. The van der Waals surface area contributed by atoms with Gasteiger partial charge in [-0.2, -0.15) is 0 Å². The Kier molecular flexibility index (Phi) is 5.07. The molecular weight excluding hydrogens is 228 g/mol. The van der Waals surface area contributed by atoms with Crippen molar-refractivity contribution in [1.29, 1.82) is 0 Å². The first-order chi connectivity index (χ1) is 8.45. The van der Waals surface area contributed by atoms with E-state index in [1.807, 2.05) is 30.1 Å². The Morgan fingerprint density at radius 2 is 1.94 bits per heavy atom. The van der Waals surface area contributed by atoms with Gasteiger partial charge < -0.3 is 5.32 Å². The molecule has 2 nitrogen and oxygen atoms in total. The molecule has 0 bridgehead atoms. The predicted molar refractivity (Wildman–Crippen MR) is 73.1 cm³/mol. The molecule has 0 atom stereocenters. The lowest BCUT2D eigenvalue weighted by Gasteiger charge is -2.04. The zero-order valence-corrected chi connectivity index (χ0v) is 10.5. The molecule has 1 N–H and O–H groups in total. The number of hydrogen-bond donors (Lipinski definition) is 1. The maximum atomic E-state index is 4.09. The van der Waals surface area contributed by atoms with Gasteiger partial charge in [-0.05, 0) is 23.8 Å². The van der Waals surface area contributed by atoms with Gasteiger partial charge in [0.2, 0.25) is 0 Å². The van der Waals surface area contributed by atoms with Gasteiger partial charge in [0.1, 0.15) is 0 Å². The monoisotopic (exact) mass is 244 g/mol. The van der Waals surface area contributed by atoms with Crippen molar-refractivity contribution in [3.63, 3.8) is 0 Å². The normalized spacial score (nSPS) is 10.4. The zero-order valence-electron chi connectivity index (χ0n) is 9.67. The fourth-order valence-corrected chi connectivity index (χ4v) is 2.32. The van der Waals surface area contributed by atoms with E-state index >= 15 is 0 Å². The van der Waals surface area contributed by atoms with Crippen molar-refractivity contribution in [3.05, 3.63) is 60.4 Å². The van der Waals surface area contributed by atoms with Crippen LogP contribution in [0.5, 0.6) is 0 Å². The number of aromatic nitrogens is 1. The van der Waals surface area contributed by atoms with E-state index in [1.54, 1.807) is 6.20 Å². The molecule has 0 spiro atoms. The minimum absolute atomic E-state index is 0.892. The van der Waals surface area contributed by atoms with Gasteiger partial charge in [0.15, 0.2) is 0 Å². The first-order valence-electron chi connectivity index (χ1n) is 5.72. The predicted octanol–water partition coefficient (Wildman–Crippen LogP) is 2.96. The van der Waals surface area contributed by atoms with E-state index in [0.29, 0.717) is 0 Å². The summed E-state index contributed by atoms with van der Waals surface area (Å²) in [5.41, 5.74) is 1.23. The average molecular weight is 244 g/mol. The average Bonchev–Trinajstić information content (AvgIpc) is 2.41. The van der Waals surface area contributed by atoms with Crippen LogP contribution in [-0.2, 0) is 6.54 Å². The summed E-state index contributed by atoms with van der Waals surface area (Å²) in [7, 11) is 0.